The lowest BCUT2D eigenvalue weighted by atomic mass is 9.93. The molecule has 2 aromatic rings. The Morgan fingerprint density at radius 2 is 1.89 bits per heavy atom. The summed E-state index contributed by atoms with van der Waals surface area (Å²) in [5, 5.41) is 3.98. The third kappa shape index (κ3) is 4.64. The number of hydrogen-bond donors (Lipinski definition) is 1. The first-order chi connectivity index (χ1) is 13.7. The zero-order chi connectivity index (χ0) is 19.9. The number of ether oxygens (including phenoxy) is 2. The molecule has 0 atom stereocenters. The Morgan fingerprint density at radius 3 is 2.57 bits per heavy atom. The van der Waals surface area contributed by atoms with E-state index >= 15 is 0 Å². The van der Waals surface area contributed by atoms with Gasteiger partial charge in [-0.3, -0.25) is 4.79 Å². The van der Waals surface area contributed by atoms with E-state index in [2.05, 4.69) is 27.1 Å². The van der Waals surface area contributed by atoms with Gasteiger partial charge in [-0.15, -0.1) is 0 Å². The van der Waals surface area contributed by atoms with Crippen molar-refractivity contribution in [1.82, 2.24) is 15.3 Å². The zero-order valence-electron chi connectivity index (χ0n) is 17.0. The van der Waals surface area contributed by atoms with Crippen LogP contribution >= 0.6 is 0 Å². The second-order valence-electron chi connectivity index (χ2n) is 7.26. The summed E-state index contributed by atoms with van der Waals surface area (Å²) < 4.78 is 10.8. The Bertz CT molecular complexity index is 804. The molecule has 0 saturated carbocycles. The van der Waals surface area contributed by atoms with Gasteiger partial charge in [0.05, 0.1) is 19.7 Å². The van der Waals surface area contributed by atoms with Crippen molar-refractivity contribution in [2.75, 3.05) is 38.8 Å². The number of piperidine rings is 1. The van der Waals surface area contributed by atoms with Gasteiger partial charge in [-0.1, -0.05) is 13.3 Å². The van der Waals surface area contributed by atoms with Crippen LogP contribution in [-0.2, 0) is 4.79 Å². The summed E-state index contributed by atoms with van der Waals surface area (Å²) in [6, 6.07) is 3.82. The second kappa shape index (κ2) is 9.57. The molecule has 0 radical (unpaired) electrons. The average Bonchev–Trinajstić information content (AvgIpc) is 2.73. The first kappa shape index (κ1) is 20.2. The van der Waals surface area contributed by atoms with E-state index in [1.54, 1.807) is 20.5 Å². The number of hydrogen-bond acceptors (Lipinski definition) is 6. The summed E-state index contributed by atoms with van der Waals surface area (Å²) in [5.41, 5.74) is 0.833. The first-order valence-electron chi connectivity index (χ1n) is 10.0. The van der Waals surface area contributed by atoms with E-state index < -0.39 is 0 Å². The number of unbranched alkanes of at least 4 members (excludes halogenated alkanes) is 1. The normalized spacial score (nSPS) is 14.9. The van der Waals surface area contributed by atoms with Crippen LogP contribution in [0.1, 0.15) is 39.0 Å². The van der Waals surface area contributed by atoms with Crippen molar-refractivity contribution < 1.29 is 14.3 Å². The smallest absolute Gasteiger partial charge is 0.220 e. The minimum atomic E-state index is 0.177. The van der Waals surface area contributed by atoms with Crippen molar-refractivity contribution in [1.29, 1.82) is 0 Å². The van der Waals surface area contributed by atoms with Crippen molar-refractivity contribution in [3.63, 3.8) is 0 Å². The number of nitrogens with zero attached hydrogens (tertiary/aromatic N) is 3. The van der Waals surface area contributed by atoms with Crippen LogP contribution in [0.3, 0.4) is 0 Å². The molecule has 1 amide bonds. The number of fused-ring (bicyclic) bond motifs is 1. The van der Waals surface area contributed by atoms with Crippen molar-refractivity contribution in [3.8, 4) is 11.5 Å². The Hall–Kier alpha value is -2.57. The molecule has 1 aromatic heterocycles. The van der Waals surface area contributed by atoms with Gasteiger partial charge in [-0.25, -0.2) is 9.97 Å². The van der Waals surface area contributed by atoms with E-state index in [0.717, 1.165) is 62.0 Å². The molecule has 152 valence electrons. The van der Waals surface area contributed by atoms with E-state index in [9.17, 15) is 4.79 Å². The maximum atomic E-state index is 12.1. The molecule has 0 bridgehead atoms. The molecule has 1 aliphatic heterocycles. The molecule has 3 rings (SSSR count). The van der Waals surface area contributed by atoms with Crippen LogP contribution in [0, 0.1) is 5.92 Å². The minimum Gasteiger partial charge on any atom is -0.493 e. The summed E-state index contributed by atoms with van der Waals surface area (Å²) in [6.07, 6.45) is 6.32. The van der Waals surface area contributed by atoms with Crippen molar-refractivity contribution >= 4 is 22.6 Å². The highest BCUT2D eigenvalue weighted by atomic mass is 16.5. The number of carbonyl (C=O) groups excluding carboxylic acids is 1. The molecule has 1 saturated heterocycles. The van der Waals surface area contributed by atoms with Gasteiger partial charge in [0.2, 0.25) is 5.91 Å². The van der Waals surface area contributed by atoms with Gasteiger partial charge < -0.3 is 19.7 Å². The molecule has 1 fully saturated rings. The van der Waals surface area contributed by atoms with Gasteiger partial charge >= 0.3 is 0 Å². The highest BCUT2D eigenvalue weighted by Gasteiger charge is 2.24. The third-order valence-electron chi connectivity index (χ3n) is 5.36. The molecule has 1 N–H and O–H groups in total. The van der Waals surface area contributed by atoms with Crippen LogP contribution in [0.5, 0.6) is 11.5 Å². The monoisotopic (exact) mass is 386 g/mol. The maximum absolute atomic E-state index is 12.1. The van der Waals surface area contributed by atoms with Crippen LogP contribution in [0.25, 0.3) is 10.9 Å². The van der Waals surface area contributed by atoms with E-state index in [4.69, 9.17) is 9.47 Å². The molecule has 1 aromatic carbocycles. The number of rotatable bonds is 8. The van der Waals surface area contributed by atoms with Crippen LogP contribution in [-0.4, -0.2) is 49.7 Å². The number of benzene rings is 1. The summed E-state index contributed by atoms with van der Waals surface area (Å²) in [5.74, 6) is 2.85. The fourth-order valence-electron chi connectivity index (χ4n) is 3.71. The number of methoxy groups -OCH3 is 2. The molecule has 1 aliphatic rings. The molecule has 0 spiro atoms. The van der Waals surface area contributed by atoms with Gasteiger partial charge in [0.1, 0.15) is 12.1 Å². The van der Waals surface area contributed by atoms with Gasteiger partial charge in [0.25, 0.3) is 0 Å². The van der Waals surface area contributed by atoms with Crippen LogP contribution in [0.2, 0.25) is 0 Å². The SMILES string of the molecule is CCCCNC(=O)CC1CCN(c2ncnc3cc(OC)c(OC)cc23)CC1. The molecule has 7 heteroatoms. The Labute approximate surface area is 166 Å². The fraction of sp³-hybridized carbons (Fsp3) is 0.571. The van der Waals surface area contributed by atoms with Crippen molar-refractivity contribution in [2.24, 2.45) is 5.92 Å². The van der Waals surface area contributed by atoms with E-state index in [1.807, 2.05) is 12.1 Å². The lowest BCUT2D eigenvalue weighted by Crippen LogP contribution is -2.36. The standard InChI is InChI=1S/C21H30N4O3/c1-4-5-8-22-20(26)11-15-6-9-25(10-7-15)21-16-12-18(27-2)19(28-3)13-17(16)23-14-24-21/h12-15H,4-11H2,1-3H3,(H,22,26). The highest BCUT2D eigenvalue weighted by Crippen LogP contribution is 2.35. The largest absolute Gasteiger partial charge is 0.493 e. The summed E-state index contributed by atoms with van der Waals surface area (Å²) in [7, 11) is 3.25. The quantitative estimate of drug-likeness (QED) is 0.702. The second-order valence-corrected chi connectivity index (χ2v) is 7.26. The van der Waals surface area contributed by atoms with E-state index in [1.165, 1.54) is 0 Å². The molecular formula is C21H30N4O3. The average molecular weight is 386 g/mol. The number of amides is 1. The topological polar surface area (TPSA) is 76.6 Å². The van der Waals surface area contributed by atoms with Gasteiger partial charge in [0, 0.05) is 37.5 Å². The van der Waals surface area contributed by atoms with Crippen molar-refractivity contribution in [3.05, 3.63) is 18.5 Å². The number of aromatic nitrogens is 2. The predicted molar refractivity (Wildman–Crippen MR) is 110 cm³/mol. The molecular weight excluding hydrogens is 356 g/mol. The fourth-order valence-corrected chi connectivity index (χ4v) is 3.71. The van der Waals surface area contributed by atoms with Crippen LogP contribution in [0.4, 0.5) is 5.82 Å². The van der Waals surface area contributed by atoms with Gasteiger partial charge in [-0.05, 0) is 31.2 Å². The summed E-state index contributed by atoms with van der Waals surface area (Å²) >= 11 is 0. The molecule has 0 aliphatic carbocycles. The third-order valence-corrected chi connectivity index (χ3v) is 5.36. The van der Waals surface area contributed by atoms with Crippen molar-refractivity contribution in [2.45, 2.75) is 39.0 Å². The number of nitrogens with one attached hydrogen (secondary N) is 1. The van der Waals surface area contributed by atoms with Gasteiger partial charge in [0.15, 0.2) is 11.5 Å². The summed E-state index contributed by atoms with van der Waals surface area (Å²) in [4.78, 5) is 23.3. The highest BCUT2D eigenvalue weighted by molar-refractivity contribution is 5.92. The van der Waals surface area contributed by atoms with Crippen LogP contribution < -0.4 is 19.7 Å². The molecule has 7 nitrogen and oxygen atoms in total. The number of carbonyl (C=O) groups is 1. The lowest BCUT2D eigenvalue weighted by molar-refractivity contribution is -0.122. The summed E-state index contributed by atoms with van der Waals surface area (Å²) in [6.45, 7) is 4.68. The van der Waals surface area contributed by atoms with Gasteiger partial charge in [-0.2, -0.15) is 0 Å². The molecule has 28 heavy (non-hydrogen) atoms. The molecule has 0 unspecified atom stereocenters. The molecule has 2 heterocycles. The predicted octanol–water partition coefficient (Wildman–Crippen LogP) is 3.17. The van der Waals surface area contributed by atoms with E-state index in [0.29, 0.717) is 23.8 Å². The van der Waals surface area contributed by atoms with Crippen LogP contribution in [0.15, 0.2) is 18.5 Å². The zero-order valence-corrected chi connectivity index (χ0v) is 17.0. The Morgan fingerprint density at radius 1 is 1.18 bits per heavy atom. The lowest BCUT2D eigenvalue weighted by Gasteiger charge is -2.33. The Balaban J connectivity index is 1.67. The number of anilines is 1. The first-order valence-corrected chi connectivity index (χ1v) is 10.0. The Kier molecular flexibility index (Phi) is 6.90. The van der Waals surface area contributed by atoms with E-state index in [-0.39, 0.29) is 5.91 Å². The minimum absolute atomic E-state index is 0.177. The maximum Gasteiger partial charge on any atom is 0.220 e.